The van der Waals surface area contributed by atoms with E-state index in [0.717, 1.165) is 30.5 Å². The van der Waals surface area contributed by atoms with Crippen molar-refractivity contribution in [1.82, 2.24) is 10.3 Å². The van der Waals surface area contributed by atoms with E-state index in [-0.39, 0.29) is 0 Å². The summed E-state index contributed by atoms with van der Waals surface area (Å²) >= 11 is 0. The molecule has 1 saturated carbocycles. The van der Waals surface area contributed by atoms with Crippen molar-refractivity contribution in [2.24, 2.45) is 5.92 Å². The van der Waals surface area contributed by atoms with Crippen LogP contribution in [-0.2, 0) is 6.42 Å². The van der Waals surface area contributed by atoms with Crippen LogP contribution < -0.4 is 5.32 Å². The Morgan fingerprint density at radius 1 is 1.44 bits per heavy atom. The van der Waals surface area contributed by atoms with Crippen LogP contribution in [-0.4, -0.2) is 17.6 Å². The second-order valence-corrected chi connectivity index (χ2v) is 5.14. The van der Waals surface area contributed by atoms with E-state index in [1.165, 1.54) is 12.8 Å². The van der Waals surface area contributed by atoms with Crippen LogP contribution in [0.1, 0.15) is 51.2 Å². The lowest BCUT2D eigenvalue weighted by molar-refractivity contribution is 0.410. The Bertz CT molecular complexity index is 328. The number of nitrogens with zero attached hydrogens (tertiary/aromatic N) is 1. The molecule has 1 fully saturated rings. The van der Waals surface area contributed by atoms with E-state index < -0.39 is 0 Å². The summed E-state index contributed by atoms with van der Waals surface area (Å²) in [7, 11) is 0. The van der Waals surface area contributed by atoms with Crippen molar-refractivity contribution in [1.29, 1.82) is 0 Å². The molecule has 0 bridgehead atoms. The molecule has 1 unspecified atom stereocenters. The van der Waals surface area contributed by atoms with Gasteiger partial charge in [0.2, 0.25) is 0 Å². The van der Waals surface area contributed by atoms with E-state index in [0.29, 0.717) is 12.0 Å². The van der Waals surface area contributed by atoms with Gasteiger partial charge in [-0.3, -0.25) is 0 Å². The molecule has 3 heteroatoms. The maximum Gasteiger partial charge on any atom is 0.195 e. The highest BCUT2D eigenvalue weighted by molar-refractivity contribution is 5.05. The number of rotatable bonds is 6. The molecule has 1 aromatic heterocycles. The fraction of sp³-hybridized carbons (Fsp3) is 0.769. The van der Waals surface area contributed by atoms with Crippen molar-refractivity contribution < 1.29 is 4.42 Å². The molecule has 0 saturated heterocycles. The first-order valence-electron chi connectivity index (χ1n) is 6.35. The first kappa shape index (κ1) is 11.6. The molecule has 1 aliphatic rings. The zero-order valence-corrected chi connectivity index (χ0v) is 10.5. The number of aromatic nitrogens is 1. The monoisotopic (exact) mass is 222 g/mol. The lowest BCUT2D eigenvalue weighted by atomic mass is 10.0. The molecule has 1 aromatic rings. The molecule has 1 heterocycles. The van der Waals surface area contributed by atoms with Crippen molar-refractivity contribution in [2.45, 2.75) is 52.0 Å². The molecule has 1 N–H and O–H groups in total. The van der Waals surface area contributed by atoms with Crippen LogP contribution >= 0.6 is 0 Å². The molecule has 1 aliphatic carbocycles. The fourth-order valence-corrected chi connectivity index (χ4v) is 1.95. The van der Waals surface area contributed by atoms with Gasteiger partial charge >= 0.3 is 0 Å². The van der Waals surface area contributed by atoms with Crippen LogP contribution in [0, 0.1) is 5.92 Å². The van der Waals surface area contributed by atoms with Gasteiger partial charge in [0, 0.05) is 24.9 Å². The first-order valence-corrected chi connectivity index (χ1v) is 6.35. The molecule has 3 nitrogen and oxygen atoms in total. The zero-order valence-electron chi connectivity index (χ0n) is 10.5. The summed E-state index contributed by atoms with van der Waals surface area (Å²) in [6.07, 6.45) is 5.50. The van der Waals surface area contributed by atoms with E-state index in [4.69, 9.17) is 4.42 Å². The summed E-state index contributed by atoms with van der Waals surface area (Å²) in [5, 5.41) is 3.37. The van der Waals surface area contributed by atoms with Gasteiger partial charge in [-0.2, -0.15) is 0 Å². The molecule has 0 aliphatic heterocycles. The van der Waals surface area contributed by atoms with Crippen molar-refractivity contribution in [3.8, 4) is 0 Å². The average molecular weight is 222 g/mol. The number of hydrogen-bond donors (Lipinski definition) is 1. The molecule has 0 radical (unpaired) electrons. The van der Waals surface area contributed by atoms with Crippen LogP contribution in [0.25, 0.3) is 0 Å². The van der Waals surface area contributed by atoms with Gasteiger partial charge in [-0.15, -0.1) is 0 Å². The van der Waals surface area contributed by atoms with E-state index in [9.17, 15) is 0 Å². The lowest BCUT2D eigenvalue weighted by Crippen LogP contribution is -2.24. The van der Waals surface area contributed by atoms with Gasteiger partial charge < -0.3 is 9.73 Å². The van der Waals surface area contributed by atoms with Crippen molar-refractivity contribution in [3.05, 3.63) is 17.8 Å². The van der Waals surface area contributed by atoms with Crippen molar-refractivity contribution in [2.75, 3.05) is 6.54 Å². The molecule has 90 valence electrons. The Morgan fingerprint density at radius 2 is 2.19 bits per heavy atom. The van der Waals surface area contributed by atoms with Gasteiger partial charge in [0.15, 0.2) is 5.89 Å². The van der Waals surface area contributed by atoms with Crippen molar-refractivity contribution >= 4 is 0 Å². The molecular formula is C13H22N2O. The highest BCUT2D eigenvalue weighted by atomic mass is 16.4. The molecule has 16 heavy (non-hydrogen) atoms. The Balaban J connectivity index is 1.82. The predicted octanol–water partition coefficient (Wildman–Crippen LogP) is 2.73. The molecule has 0 spiro atoms. The third-order valence-corrected chi connectivity index (χ3v) is 3.24. The first-order chi connectivity index (χ1) is 7.66. The van der Waals surface area contributed by atoms with Gasteiger partial charge in [0.05, 0.1) is 6.20 Å². The third-order valence-electron chi connectivity index (χ3n) is 3.24. The van der Waals surface area contributed by atoms with Crippen LogP contribution in [0.2, 0.25) is 0 Å². The maximum absolute atomic E-state index is 5.78. The van der Waals surface area contributed by atoms with Crippen LogP contribution in [0.15, 0.2) is 10.6 Å². The third kappa shape index (κ3) is 3.08. The second kappa shape index (κ2) is 5.00. The number of oxazole rings is 1. The van der Waals surface area contributed by atoms with Crippen LogP contribution in [0.3, 0.4) is 0 Å². The fourth-order valence-electron chi connectivity index (χ4n) is 1.95. The minimum absolute atomic E-state index is 0.528. The van der Waals surface area contributed by atoms with Gasteiger partial charge in [0.25, 0.3) is 0 Å². The summed E-state index contributed by atoms with van der Waals surface area (Å²) in [5.41, 5.74) is 0. The van der Waals surface area contributed by atoms with E-state index in [1.807, 2.05) is 6.20 Å². The van der Waals surface area contributed by atoms with Gasteiger partial charge in [-0.1, -0.05) is 20.8 Å². The normalized spacial score (nSPS) is 18.0. The molecule has 1 atom stereocenters. The summed E-state index contributed by atoms with van der Waals surface area (Å²) in [5.74, 6) is 3.34. The summed E-state index contributed by atoms with van der Waals surface area (Å²) < 4.78 is 5.78. The summed E-state index contributed by atoms with van der Waals surface area (Å²) in [4.78, 5) is 4.34. The van der Waals surface area contributed by atoms with Crippen molar-refractivity contribution in [3.63, 3.8) is 0 Å². The Kier molecular flexibility index (Phi) is 3.64. The Morgan fingerprint density at radius 3 is 2.81 bits per heavy atom. The quantitative estimate of drug-likeness (QED) is 0.804. The summed E-state index contributed by atoms with van der Waals surface area (Å²) in [6, 6.07) is 0.528. The van der Waals surface area contributed by atoms with Gasteiger partial charge in [-0.25, -0.2) is 4.98 Å². The van der Waals surface area contributed by atoms with Gasteiger partial charge in [0.1, 0.15) is 5.76 Å². The van der Waals surface area contributed by atoms with E-state index >= 15 is 0 Å². The standard InChI is InChI=1S/C13H22N2O/c1-9(2)14-7-6-13-15-8-12(16-13)10(3)11-4-5-11/h8-11,14H,4-7H2,1-3H3. The Labute approximate surface area is 97.6 Å². The Hall–Kier alpha value is -0.830. The molecule has 0 amide bonds. The number of nitrogens with one attached hydrogen (secondary N) is 1. The average Bonchev–Trinajstić information content (AvgIpc) is 2.97. The minimum Gasteiger partial charge on any atom is -0.445 e. The second-order valence-electron chi connectivity index (χ2n) is 5.14. The smallest absolute Gasteiger partial charge is 0.195 e. The largest absolute Gasteiger partial charge is 0.445 e. The highest BCUT2D eigenvalue weighted by Gasteiger charge is 2.31. The molecule has 0 aromatic carbocycles. The maximum atomic E-state index is 5.78. The van der Waals surface area contributed by atoms with Gasteiger partial charge in [-0.05, 0) is 18.8 Å². The van der Waals surface area contributed by atoms with Crippen LogP contribution in [0.4, 0.5) is 0 Å². The van der Waals surface area contributed by atoms with Crippen LogP contribution in [0.5, 0.6) is 0 Å². The molecule has 2 rings (SSSR count). The van der Waals surface area contributed by atoms with E-state index in [1.54, 1.807) is 0 Å². The minimum atomic E-state index is 0.528. The highest BCUT2D eigenvalue weighted by Crippen LogP contribution is 2.42. The number of hydrogen-bond acceptors (Lipinski definition) is 3. The zero-order chi connectivity index (χ0) is 11.5. The molecular weight excluding hydrogens is 200 g/mol. The lowest BCUT2D eigenvalue weighted by Gasteiger charge is -2.06. The SMILES string of the molecule is CC(C)NCCc1ncc(C(C)C2CC2)o1. The topological polar surface area (TPSA) is 38.1 Å². The summed E-state index contributed by atoms with van der Waals surface area (Å²) in [6.45, 7) is 7.48. The predicted molar refractivity (Wildman–Crippen MR) is 64.5 cm³/mol. The van der Waals surface area contributed by atoms with E-state index in [2.05, 4.69) is 31.1 Å².